The number of carbonyl (C=O) groups is 2. The zero-order valence-corrected chi connectivity index (χ0v) is 15.4. The largest absolute Gasteiger partial charge is 0.378 e. The SMILES string of the molecule is CC[C@@H](C)NC(=O)NC(=O)CN(CC)Cc1ccc(N(C)C)cc1. The number of benzene rings is 1. The molecule has 6 heteroatoms. The van der Waals surface area contributed by atoms with E-state index in [-0.39, 0.29) is 18.5 Å². The summed E-state index contributed by atoms with van der Waals surface area (Å²) in [6, 6.07) is 7.86. The third kappa shape index (κ3) is 7.00. The molecule has 1 aromatic carbocycles. The maximum absolute atomic E-state index is 12.0. The third-order valence-corrected chi connectivity index (χ3v) is 3.92. The minimum atomic E-state index is -0.430. The van der Waals surface area contributed by atoms with E-state index in [4.69, 9.17) is 0 Å². The summed E-state index contributed by atoms with van der Waals surface area (Å²) < 4.78 is 0. The monoisotopic (exact) mass is 334 g/mol. The summed E-state index contributed by atoms with van der Waals surface area (Å²) in [7, 11) is 4.00. The lowest BCUT2D eigenvalue weighted by Gasteiger charge is -2.21. The molecule has 3 amide bonds. The first-order valence-corrected chi connectivity index (χ1v) is 8.44. The van der Waals surface area contributed by atoms with E-state index in [2.05, 4.69) is 34.9 Å². The summed E-state index contributed by atoms with van der Waals surface area (Å²) in [5, 5.41) is 5.11. The maximum atomic E-state index is 12.0. The van der Waals surface area contributed by atoms with E-state index < -0.39 is 6.03 Å². The van der Waals surface area contributed by atoms with Gasteiger partial charge in [0.2, 0.25) is 5.91 Å². The van der Waals surface area contributed by atoms with Gasteiger partial charge in [0.1, 0.15) is 0 Å². The van der Waals surface area contributed by atoms with Crippen LogP contribution < -0.4 is 15.5 Å². The first-order valence-electron chi connectivity index (χ1n) is 8.44. The second-order valence-corrected chi connectivity index (χ2v) is 6.20. The second kappa shape index (κ2) is 9.93. The molecule has 0 aliphatic carbocycles. The number of nitrogens with one attached hydrogen (secondary N) is 2. The molecule has 134 valence electrons. The fourth-order valence-electron chi connectivity index (χ4n) is 2.17. The zero-order valence-electron chi connectivity index (χ0n) is 15.4. The van der Waals surface area contributed by atoms with Crippen molar-refractivity contribution in [3.05, 3.63) is 29.8 Å². The van der Waals surface area contributed by atoms with Gasteiger partial charge in [-0.05, 0) is 37.6 Å². The number of carbonyl (C=O) groups excluding carboxylic acids is 2. The highest BCUT2D eigenvalue weighted by atomic mass is 16.2. The summed E-state index contributed by atoms with van der Waals surface area (Å²) in [6.07, 6.45) is 0.825. The van der Waals surface area contributed by atoms with Crippen LogP contribution in [0.1, 0.15) is 32.8 Å². The Hall–Kier alpha value is -2.08. The van der Waals surface area contributed by atoms with Crippen LogP contribution in [-0.2, 0) is 11.3 Å². The highest BCUT2D eigenvalue weighted by Gasteiger charge is 2.13. The molecule has 6 nitrogen and oxygen atoms in total. The predicted molar refractivity (Wildman–Crippen MR) is 98.1 cm³/mol. The molecule has 0 aromatic heterocycles. The normalized spacial score (nSPS) is 11.9. The number of nitrogens with zero attached hydrogens (tertiary/aromatic N) is 2. The molecule has 2 N–H and O–H groups in total. The molecule has 0 heterocycles. The van der Waals surface area contributed by atoms with Crippen LogP contribution in [0, 0.1) is 0 Å². The van der Waals surface area contributed by atoms with Gasteiger partial charge in [-0.3, -0.25) is 15.0 Å². The summed E-state index contributed by atoms with van der Waals surface area (Å²) in [5.41, 5.74) is 2.28. The highest BCUT2D eigenvalue weighted by Crippen LogP contribution is 2.13. The van der Waals surface area contributed by atoms with E-state index in [1.807, 2.05) is 44.7 Å². The van der Waals surface area contributed by atoms with Crippen LogP contribution in [0.3, 0.4) is 0 Å². The van der Waals surface area contributed by atoms with Crippen LogP contribution in [0.5, 0.6) is 0 Å². The molecule has 0 aliphatic heterocycles. The number of amides is 3. The Kier molecular flexibility index (Phi) is 8.26. The van der Waals surface area contributed by atoms with Crippen LogP contribution in [0.25, 0.3) is 0 Å². The summed E-state index contributed by atoms with van der Waals surface area (Å²) in [6.45, 7) is 7.48. The van der Waals surface area contributed by atoms with Gasteiger partial charge in [-0.1, -0.05) is 26.0 Å². The first kappa shape index (κ1) is 20.0. The Morgan fingerprint density at radius 1 is 1.12 bits per heavy atom. The molecule has 0 saturated heterocycles. The van der Waals surface area contributed by atoms with Crippen LogP contribution >= 0.6 is 0 Å². The smallest absolute Gasteiger partial charge is 0.321 e. The van der Waals surface area contributed by atoms with Crippen molar-refractivity contribution in [3.63, 3.8) is 0 Å². The number of hydrogen-bond donors (Lipinski definition) is 2. The minimum absolute atomic E-state index is 0.0512. The maximum Gasteiger partial charge on any atom is 0.321 e. The van der Waals surface area contributed by atoms with Gasteiger partial charge in [0.25, 0.3) is 0 Å². The van der Waals surface area contributed by atoms with E-state index in [9.17, 15) is 9.59 Å². The van der Waals surface area contributed by atoms with Crippen molar-refractivity contribution in [2.75, 3.05) is 32.1 Å². The topological polar surface area (TPSA) is 64.7 Å². The molecular weight excluding hydrogens is 304 g/mol. The predicted octanol–water partition coefficient (Wildman–Crippen LogP) is 2.20. The average Bonchev–Trinajstić information content (AvgIpc) is 2.54. The zero-order chi connectivity index (χ0) is 18.1. The fourth-order valence-corrected chi connectivity index (χ4v) is 2.17. The van der Waals surface area contributed by atoms with Crippen molar-refractivity contribution in [1.29, 1.82) is 0 Å². The molecule has 0 unspecified atom stereocenters. The summed E-state index contributed by atoms with van der Waals surface area (Å²) in [4.78, 5) is 27.7. The van der Waals surface area contributed by atoms with E-state index in [1.54, 1.807) is 0 Å². The molecule has 0 saturated carbocycles. The lowest BCUT2D eigenvalue weighted by molar-refractivity contribution is -0.121. The molecule has 0 spiro atoms. The third-order valence-electron chi connectivity index (χ3n) is 3.92. The van der Waals surface area contributed by atoms with Gasteiger partial charge < -0.3 is 10.2 Å². The number of hydrogen-bond acceptors (Lipinski definition) is 4. The minimum Gasteiger partial charge on any atom is -0.378 e. The Morgan fingerprint density at radius 2 is 1.75 bits per heavy atom. The lowest BCUT2D eigenvalue weighted by atomic mass is 10.2. The van der Waals surface area contributed by atoms with E-state index in [0.717, 1.165) is 24.2 Å². The lowest BCUT2D eigenvalue weighted by Crippen LogP contribution is -2.46. The van der Waals surface area contributed by atoms with Crippen molar-refractivity contribution in [2.24, 2.45) is 0 Å². The number of rotatable bonds is 8. The molecule has 0 radical (unpaired) electrons. The average molecular weight is 334 g/mol. The van der Waals surface area contributed by atoms with Crippen LogP contribution in [0.15, 0.2) is 24.3 Å². The van der Waals surface area contributed by atoms with Crippen LogP contribution in [-0.4, -0.2) is 50.1 Å². The van der Waals surface area contributed by atoms with Gasteiger partial charge in [0, 0.05) is 32.4 Å². The van der Waals surface area contributed by atoms with Gasteiger partial charge in [0.05, 0.1) is 6.54 Å². The Balaban J connectivity index is 2.51. The molecule has 24 heavy (non-hydrogen) atoms. The molecule has 0 bridgehead atoms. The van der Waals surface area contributed by atoms with Crippen molar-refractivity contribution < 1.29 is 9.59 Å². The molecule has 0 aliphatic rings. The van der Waals surface area contributed by atoms with E-state index >= 15 is 0 Å². The Morgan fingerprint density at radius 3 is 2.25 bits per heavy atom. The van der Waals surface area contributed by atoms with E-state index in [1.165, 1.54) is 0 Å². The van der Waals surface area contributed by atoms with Gasteiger partial charge in [-0.25, -0.2) is 4.79 Å². The number of anilines is 1. The van der Waals surface area contributed by atoms with Crippen LogP contribution in [0.4, 0.5) is 10.5 Å². The summed E-state index contributed by atoms with van der Waals surface area (Å²) >= 11 is 0. The standard InChI is InChI=1S/C18H30N4O2/c1-6-14(3)19-18(24)20-17(23)13-22(7-2)12-15-8-10-16(11-9-15)21(4)5/h8-11,14H,6-7,12-13H2,1-5H3,(H2,19,20,23,24)/t14-/m1/s1. The van der Waals surface area contributed by atoms with E-state index in [0.29, 0.717) is 6.54 Å². The fraction of sp³-hybridized carbons (Fsp3) is 0.556. The molecule has 1 aromatic rings. The summed E-state index contributed by atoms with van der Waals surface area (Å²) in [5.74, 6) is -0.289. The quantitative estimate of drug-likeness (QED) is 0.765. The van der Waals surface area contributed by atoms with Crippen molar-refractivity contribution in [2.45, 2.75) is 39.8 Å². The van der Waals surface area contributed by atoms with Gasteiger partial charge in [-0.15, -0.1) is 0 Å². The molecule has 0 fully saturated rings. The molecule has 1 rings (SSSR count). The number of urea groups is 1. The second-order valence-electron chi connectivity index (χ2n) is 6.20. The number of likely N-dealkylation sites (N-methyl/N-ethyl adjacent to an activating group) is 1. The number of imide groups is 1. The van der Waals surface area contributed by atoms with Gasteiger partial charge >= 0.3 is 6.03 Å². The molecule has 1 atom stereocenters. The van der Waals surface area contributed by atoms with Crippen molar-refractivity contribution in [3.8, 4) is 0 Å². The highest BCUT2D eigenvalue weighted by molar-refractivity contribution is 5.95. The molecular formula is C18H30N4O2. The van der Waals surface area contributed by atoms with Crippen molar-refractivity contribution >= 4 is 17.6 Å². The Labute approximate surface area is 145 Å². The first-order chi connectivity index (χ1) is 11.3. The van der Waals surface area contributed by atoms with Gasteiger partial charge in [-0.2, -0.15) is 0 Å². The van der Waals surface area contributed by atoms with Crippen molar-refractivity contribution in [1.82, 2.24) is 15.5 Å². The Bertz CT molecular complexity index is 528. The van der Waals surface area contributed by atoms with Crippen LogP contribution in [0.2, 0.25) is 0 Å². The van der Waals surface area contributed by atoms with Gasteiger partial charge in [0.15, 0.2) is 0 Å².